The summed E-state index contributed by atoms with van der Waals surface area (Å²) >= 11 is 0. The molecule has 3 amide bonds. The summed E-state index contributed by atoms with van der Waals surface area (Å²) in [4.78, 5) is 45.2. The summed E-state index contributed by atoms with van der Waals surface area (Å²) in [6.45, 7) is 3.98. The van der Waals surface area contributed by atoms with Crippen LogP contribution in [-0.2, 0) is 22.1 Å². The maximum Gasteiger partial charge on any atom is 0.270 e. The number of hydrogen-bond acceptors (Lipinski definition) is 4. The molecule has 2 atom stereocenters. The maximum absolute atomic E-state index is 13.9. The number of rotatable bonds is 4. The van der Waals surface area contributed by atoms with Gasteiger partial charge in [-0.05, 0) is 55.2 Å². The monoisotopic (exact) mass is 511 g/mol. The van der Waals surface area contributed by atoms with Gasteiger partial charge in [0.15, 0.2) is 0 Å². The first-order chi connectivity index (χ1) is 18.4. The van der Waals surface area contributed by atoms with Gasteiger partial charge in [-0.15, -0.1) is 0 Å². The van der Waals surface area contributed by atoms with Gasteiger partial charge < -0.3 is 25.0 Å². The van der Waals surface area contributed by atoms with Gasteiger partial charge in [-0.1, -0.05) is 36.4 Å². The average Bonchev–Trinajstić information content (AvgIpc) is 3.59. The minimum atomic E-state index is -1.11. The highest BCUT2D eigenvalue weighted by Crippen LogP contribution is 2.48. The van der Waals surface area contributed by atoms with E-state index in [2.05, 4.69) is 27.7 Å². The summed E-state index contributed by atoms with van der Waals surface area (Å²) in [5.74, 6) is -1.20. The summed E-state index contributed by atoms with van der Waals surface area (Å²) < 4.78 is 1.81. The maximum atomic E-state index is 13.9. The first-order valence-corrected chi connectivity index (χ1v) is 13.3. The van der Waals surface area contributed by atoms with Crippen LogP contribution in [0.4, 0.5) is 11.4 Å². The Bertz CT molecular complexity index is 1370. The predicted molar refractivity (Wildman–Crippen MR) is 146 cm³/mol. The van der Waals surface area contributed by atoms with Crippen LogP contribution in [0, 0.1) is 12.8 Å². The summed E-state index contributed by atoms with van der Waals surface area (Å²) in [7, 11) is 1.84. The number of nitrogens with zero attached hydrogens (tertiary/aromatic N) is 3. The van der Waals surface area contributed by atoms with E-state index in [4.69, 9.17) is 0 Å². The Labute approximate surface area is 222 Å². The second kappa shape index (κ2) is 9.35. The van der Waals surface area contributed by atoms with Crippen LogP contribution in [0.1, 0.15) is 34.5 Å². The van der Waals surface area contributed by atoms with Crippen molar-refractivity contribution in [2.24, 2.45) is 13.0 Å². The summed E-state index contributed by atoms with van der Waals surface area (Å²) in [6, 6.07) is 19.8. The van der Waals surface area contributed by atoms with Gasteiger partial charge in [-0.2, -0.15) is 0 Å². The lowest BCUT2D eigenvalue weighted by Gasteiger charge is -2.35. The number of hydrogen-bond donors (Lipinski definition) is 2. The Morgan fingerprint density at radius 1 is 1.00 bits per heavy atom. The molecule has 3 aliphatic heterocycles. The minimum absolute atomic E-state index is 0.0269. The van der Waals surface area contributed by atoms with Crippen molar-refractivity contribution in [2.45, 2.75) is 31.2 Å². The zero-order chi connectivity index (χ0) is 26.4. The van der Waals surface area contributed by atoms with Crippen LogP contribution in [0.25, 0.3) is 0 Å². The molecule has 1 spiro atoms. The van der Waals surface area contributed by atoms with Crippen molar-refractivity contribution in [3.05, 3.63) is 83.7 Å². The SMILES string of the molecule is Cc1ccn(C)c1C(=O)N1CC(C(=O)NC2CCN(c3ccccc3)CC2)C2(C1)C(=O)Nc1ccccc12. The van der Waals surface area contributed by atoms with Crippen molar-refractivity contribution in [3.63, 3.8) is 0 Å². The number of anilines is 2. The van der Waals surface area contributed by atoms with E-state index < -0.39 is 11.3 Å². The van der Waals surface area contributed by atoms with Crippen LogP contribution in [0.5, 0.6) is 0 Å². The van der Waals surface area contributed by atoms with Crippen molar-refractivity contribution in [1.82, 2.24) is 14.8 Å². The van der Waals surface area contributed by atoms with E-state index in [1.807, 2.05) is 68.7 Å². The lowest BCUT2D eigenvalue weighted by atomic mass is 9.72. The Morgan fingerprint density at radius 3 is 2.42 bits per heavy atom. The number of piperidine rings is 1. The highest BCUT2D eigenvalue weighted by atomic mass is 16.2. The lowest BCUT2D eigenvalue weighted by Crippen LogP contribution is -2.52. The molecule has 0 aliphatic carbocycles. The molecule has 6 rings (SSSR count). The minimum Gasteiger partial charge on any atom is -0.371 e. The van der Waals surface area contributed by atoms with Gasteiger partial charge in [0.05, 0.1) is 5.92 Å². The number of nitrogens with one attached hydrogen (secondary N) is 2. The van der Waals surface area contributed by atoms with Gasteiger partial charge in [0.25, 0.3) is 5.91 Å². The summed E-state index contributed by atoms with van der Waals surface area (Å²) in [6.07, 6.45) is 3.51. The third-order valence-electron chi connectivity index (χ3n) is 8.54. The van der Waals surface area contributed by atoms with Crippen LogP contribution in [0.15, 0.2) is 66.9 Å². The largest absolute Gasteiger partial charge is 0.371 e. The molecule has 2 fully saturated rings. The van der Waals surface area contributed by atoms with Gasteiger partial charge in [0.2, 0.25) is 11.8 Å². The van der Waals surface area contributed by atoms with Crippen LogP contribution in [0.2, 0.25) is 0 Å². The molecule has 3 aromatic rings. The highest BCUT2D eigenvalue weighted by molar-refractivity contribution is 6.10. The molecule has 0 bridgehead atoms. The summed E-state index contributed by atoms with van der Waals surface area (Å²) in [5, 5.41) is 6.25. The van der Waals surface area contributed by atoms with Crippen LogP contribution >= 0.6 is 0 Å². The van der Waals surface area contributed by atoms with Crippen molar-refractivity contribution in [2.75, 3.05) is 36.4 Å². The van der Waals surface area contributed by atoms with Crippen molar-refractivity contribution in [3.8, 4) is 0 Å². The van der Waals surface area contributed by atoms with E-state index >= 15 is 0 Å². The topological polar surface area (TPSA) is 86.7 Å². The number of amides is 3. The number of para-hydroxylation sites is 2. The Kier molecular flexibility index (Phi) is 5.97. The fraction of sp³-hybridized carbons (Fsp3) is 0.367. The van der Waals surface area contributed by atoms with Crippen molar-refractivity contribution in [1.29, 1.82) is 0 Å². The molecule has 1 aromatic heterocycles. The van der Waals surface area contributed by atoms with E-state index in [1.54, 1.807) is 9.47 Å². The number of aryl methyl sites for hydroxylation is 2. The fourth-order valence-corrected chi connectivity index (χ4v) is 6.50. The second-order valence-corrected chi connectivity index (χ2v) is 10.8. The van der Waals surface area contributed by atoms with E-state index in [1.165, 1.54) is 5.69 Å². The molecule has 8 heteroatoms. The number of benzene rings is 2. The number of fused-ring (bicyclic) bond motifs is 2. The predicted octanol–water partition coefficient (Wildman–Crippen LogP) is 3.08. The molecule has 2 N–H and O–H groups in total. The highest BCUT2D eigenvalue weighted by Gasteiger charge is 2.61. The quantitative estimate of drug-likeness (QED) is 0.564. The first kappa shape index (κ1) is 24.3. The van der Waals surface area contributed by atoms with Gasteiger partial charge in [0.1, 0.15) is 11.1 Å². The standard InChI is InChI=1S/C30H33N5O3/c1-20-12-15-33(2)26(20)28(37)35-18-24(30(19-35)23-10-6-7-11-25(23)32-29(30)38)27(36)31-21-13-16-34(17-14-21)22-8-4-3-5-9-22/h3-12,15,21,24H,13-14,16-19H2,1-2H3,(H,31,36)(H,32,38). The van der Waals surface area contributed by atoms with Gasteiger partial charge in [0, 0.05) is 56.8 Å². The number of carbonyl (C=O) groups is 3. The third kappa shape index (κ3) is 3.86. The van der Waals surface area contributed by atoms with Crippen molar-refractivity contribution < 1.29 is 14.4 Å². The van der Waals surface area contributed by atoms with E-state index in [-0.39, 0.29) is 36.9 Å². The average molecular weight is 512 g/mol. The smallest absolute Gasteiger partial charge is 0.270 e. The number of carbonyl (C=O) groups excluding carboxylic acids is 3. The molecule has 4 heterocycles. The number of aromatic nitrogens is 1. The zero-order valence-corrected chi connectivity index (χ0v) is 21.8. The van der Waals surface area contributed by atoms with E-state index in [0.717, 1.165) is 42.7 Å². The van der Waals surface area contributed by atoms with E-state index in [0.29, 0.717) is 5.69 Å². The normalized spacial score (nSPS) is 23.0. The molecule has 38 heavy (non-hydrogen) atoms. The van der Waals surface area contributed by atoms with Gasteiger partial charge in [-0.3, -0.25) is 14.4 Å². The molecule has 8 nitrogen and oxygen atoms in total. The molecule has 3 aliphatic rings. The Morgan fingerprint density at radius 2 is 1.71 bits per heavy atom. The zero-order valence-electron chi connectivity index (χ0n) is 21.8. The van der Waals surface area contributed by atoms with E-state index in [9.17, 15) is 14.4 Å². The van der Waals surface area contributed by atoms with Crippen molar-refractivity contribution >= 4 is 29.1 Å². The molecule has 0 saturated carbocycles. The Hall–Kier alpha value is -4.07. The van der Waals surface area contributed by atoms with Crippen LogP contribution in [0.3, 0.4) is 0 Å². The van der Waals surface area contributed by atoms with Crippen LogP contribution in [-0.4, -0.2) is 59.4 Å². The lowest BCUT2D eigenvalue weighted by molar-refractivity contribution is -0.132. The third-order valence-corrected chi connectivity index (χ3v) is 8.54. The molecule has 2 aromatic carbocycles. The Balaban J connectivity index is 1.25. The molecule has 2 unspecified atom stereocenters. The van der Waals surface area contributed by atoms with Gasteiger partial charge in [-0.25, -0.2) is 0 Å². The summed E-state index contributed by atoms with van der Waals surface area (Å²) in [5.41, 5.74) is 3.05. The molecule has 196 valence electrons. The molecular weight excluding hydrogens is 478 g/mol. The molecular formula is C30H33N5O3. The fourth-order valence-electron chi connectivity index (χ4n) is 6.50. The molecule has 0 radical (unpaired) electrons. The first-order valence-electron chi connectivity index (χ1n) is 13.3. The number of likely N-dealkylation sites (tertiary alicyclic amines) is 1. The molecule has 2 saturated heterocycles. The second-order valence-electron chi connectivity index (χ2n) is 10.8. The van der Waals surface area contributed by atoms with Crippen LogP contribution < -0.4 is 15.5 Å². The van der Waals surface area contributed by atoms with Gasteiger partial charge >= 0.3 is 0 Å².